The second kappa shape index (κ2) is 7.11. The van der Waals surface area contributed by atoms with E-state index in [2.05, 4.69) is 0 Å². The van der Waals surface area contributed by atoms with Crippen LogP contribution in [-0.4, -0.2) is 82.3 Å². The zero-order chi connectivity index (χ0) is 19.1. The maximum atomic E-state index is 12.5. The lowest BCUT2D eigenvalue weighted by Crippen LogP contribution is -2.50. The standard InChI is InChI=1S/C18H25NO7/c1-3-11-6-10(2)18(24,9-20)17(23)25-8-12-4-5-19-7-13(26-16(11)22)15(21)14(12)19/h3-4,10,13-15,20-21,24H,5-9H2,1-2H3/b11-3+/t10-,13-,14-,15-,18-/m1/s1. The predicted octanol–water partition coefficient (Wildman–Crippen LogP) is -0.864. The van der Waals surface area contributed by atoms with Gasteiger partial charge in [-0.25, -0.2) is 9.59 Å². The van der Waals surface area contributed by atoms with Crippen LogP contribution in [0.25, 0.3) is 0 Å². The van der Waals surface area contributed by atoms with Crippen molar-refractivity contribution < 1.29 is 34.4 Å². The molecule has 2 fully saturated rings. The first-order chi connectivity index (χ1) is 12.3. The van der Waals surface area contributed by atoms with E-state index in [4.69, 9.17) is 9.47 Å². The fraction of sp³-hybridized carbons (Fsp3) is 0.667. The van der Waals surface area contributed by atoms with Crippen LogP contribution in [0.5, 0.6) is 0 Å². The fourth-order valence-corrected chi connectivity index (χ4v) is 3.85. The average molecular weight is 367 g/mol. The number of cyclic esters (lactones) is 1. The zero-order valence-corrected chi connectivity index (χ0v) is 14.9. The van der Waals surface area contributed by atoms with Gasteiger partial charge in [0.25, 0.3) is 0 Å². The third-order valence-corrected chi connectivity index (χ3v) is 5.66. The second-order valence-electron chi connectivity index (χ2n) is 7.19. The number of esters is 2. The van der Waals surface area contributed by atoms with Crippen LogP contribution in [0.15, 0.2) is 23.3 Å². The highest BCUT2D eigenvalue weighted by atomic mass is 16.6. The normalized spacial score (nSPS) is 40.3. The summed E-state index contributed by atoms with van der Waals surface area (Å²) in [6.07, 6.45) is 1.85. The van der Waals surface area contributed by atoms with Crippen molar-refractivity contribution in [2.75, 3.05) is 26.3 Å². The number of hydrogen-bond donors (Lipinski definition) is 3. The Labute approximate surface area is 151 Å². The highest BCUT2D eigenvalue weighted by Crippen LogP contribution is 2.33. The first-order valence-electron chi connectivity index (χ1n) is 8.79. The molecular formula is C18H25NO7. The van der Waals surface area contributed by atoms with Gasteiger partial charge in [0.15, 0.2) is 5.60 Å². The maximum Gasteiger partial charge on any atom is 0.341 e. The molecule has 0 saturated carbocycles. The van der Waals surface area contributed by atoms with Crippen molar-refractivity contribution in [2.24, 2.45) is 5.92 Å². The lowest BCUT2D eigenvalue weighted by Gasteiger charge is -2.30. The smallest absolute Gasteiger partial charge is 0.341 e. The lowest BCUT2D eigenvalue weighted by atomic mass is 9.84. The molecule has 144 valence electrons. The molecule has 3 aliphatic heterocycles. The molecule has 5 atom stereocenters. The lowest BCUT2D eigenvalue weighted by molar-refractivity contribution is -0.176. The third kappa shape index (κ3) is 3.07. The first-order valence-corrected chi connectivity index (χ1v) is 8.79. The van der Waals surface area contributed by atoms with E-state index in [0.29, 0.717) is 18.7 Å². The van der Waals surface area contributed by atoms with Crippen LogP contribution in [-0.2, 0) is 19.1 Å². The van der Waals surface area contributed by atoms with E-state index in [1.165, 1.54) is 0 Å². The number of rotatable bonds is 1. The Hall–Kier alpha value is -1.74. The molecule has 3 aliphatic rings. The van der Waals surface area contributed by atoms with Crippen molar-refractivity contribution in [1.29, 1.82) is 0 Å². The number of fused-ring (bicyclic) bond motifs is 1. The van der Waals surface area contributed by atoms with E-state index in [1.54, 1.807) is 19.9 Å². The summed E-state index contributed by atoms with van der Waals surface area (Å²) in [6.45, 7) is 3.26. The van der Waals surface area contributed by atoms with E-state index in [1.807, 2.05) is 11.0 Å². The van der Waals surface area contributed by atoms with Crippen LogP contribution in [0.4, 0.5) is 0 Å². The van der Waals surface area contributed by atoms with Gasteiger partial charge in [-0.15, -0.1) is 0 Å². The van der Waals surface area contributed by atoms with Crippen LogP contribution in [0, 0.1) is 5.92 Å². The van der Waals surface area contributed by atoms with Crippen LogP contribution in [0.2, 0.25) is 0 Å². The number of hydrogen-bond acceptors (Lipinski definition) is 8. The Morgan fingerprint density at radius 3 is 2.81 bits per heavy atom. The number of carbonyl (C=O) groups is 2. The van der Waals surface area contributed by atoms with E-state index >= 15 is 0 Å². The molecule has 0 aromatic rings. The minimum absolute atomic E-state index is 0.0279. The highest BCUT2D eigenvalue weighted by molar-refractivity contribution is 5.89. The van der Waals surface area contributed by atoms with Gasteiger partial charge in [-0.1, -0.05) is 19.1 Å². The number of nitrogens with zero attached hydrogens (tertiary/aromatic N) is 1. The molecule has 8 nitrogen and oxygen atoms in total. The van der Waals surface area contributed by atoms with Gasteiger partial charge in [0.1, 0.15) is 18.8 Å². The van der Waals surface area contributed by atoms with Crippen molar-refractivity contribution >= 4 is 11.9 Å². The first kappa shape index (κ1) is 19.0. The Morgan fingerprint density at radius 1 is 1.42 bits per heavy atom. The van der Waals surface area contributed by atoms with Crippen molar-refractivity contribution in [3.8, 4) is 0 Å². The minimum atomic E-state index is -2.13. The molecule has 3 heterocycles. The highest BCUT2D eigenvalue weighted by Gasteiger charge is 2.49. The van der Waals surface area contributed by atoms with Crippen LogP contribution in [0.1, 0.15) is 20.3 Å². The van der Waals surface area contributed by atoms with Gasteiger partial charge in [0.2, 0.25) is 0 Å². The third-order valence-electron chi connectivity index (χ3n) is 5.66. The van der Waals surface area contributed by atoms with Gasteiger partial charge in [0, 0.05) is 24.6 Å². The molecule has 0 radical (unpaired) electrons. The Balaban J connectivity index is 1.94. The summed E-state index contributed by atoms with van der Waals surface area (Å²) in [5.41, 5.74) is -1.16. The molecule has 2 bridgehead atoms. The second-order valence-corrected chi connectivity index (χ2v) is 7.19. The van der Waals surface area contributed by atoms with E-state index in [0.717, 1.165) is 0 Å². The number of ether oxygens (including phenoxy) is 2. The Bertz CT molecular complexity index is 658. The monoisotopic (exact) mass is 367 g/mol. The zero-order valence-electron chi connectivity index (χ0n) is 14.9. The Morgan fingerprint density at radius 2 is 2.15 bits per heavy atom. The van der Waals surface area contributed by atoms with Gasteiger partial charge in [-0.05, 0) is 18.9 Å². The topological polar surface area (TPSA) is 117 Å². The van der Waals surface area contributed by atoms with Crippen molar-refractivity contribution in [3.63, 3.8) is 0 Å². The Kier molecular flexibility index (Phi) is 5.21. The molecule has 3 rings (SSSR count). The van der Waals surface area contributed by atoms with Gasteiger partial charge in [0.05, 0.1) is 12.6 Å². The number of aliphatic hydroxyl groups is 3. The van der Waals surface area contributed by atoms with Crippen LogP contribution in [0.3, 0.4) is 0 Å². The number of aliphatic hydroxyl groups excluding tert-OH is 2. The molecule has 0 aromatic carbocycles. The van der Waals surface area contributed by atoms with E-state index < -0.39 is 48.3 Å². The van der Waals surface area contributed by atoms with Crippen molar-refractivity contribution in [1.82, 2.24) is 4.90 Å². The van der Waals surface area contributed by atoms with Gasteiger partial charge < -0.3 is 24.8 Å². The van der Waals surface area contributed by atoms with Crippen molar-refractivity contribution in [3.05, 3.63) is 23.3 Å². The summed E-state index contributed by atoms with van der Waals surface area (Å²) >= 11 is 0. The molecule has 0 aliphatic carbocycles. The molecule has 0 spiro atoms. The van der Waals surface area contributed by atoms with E-state index in [-0.39, 0.29) is 18.6 Å². The minimum Gasteiger partial charge on any atom is -0.459 e. The molecule has 0 amide bonds. The SMILES string of the molecule is C/C=C1\C[C@@H](C)[C@](O)(CO)C(=O)OCC2=CCN3C[C@@H](OC1=O)[C@@H](O)[C@@H]23. The summed E-state index contributed by atoms with van der Waals surface area (Å²) in [5, 5.41) is 30.8. The summed E-state index contributed by atoms with van der Waals surface area (Å²) in [6, 6.07) is -0.393. The fourth-order valence-electron chi connectivity index (χ4n) is 3.85. The molecule has 0 unspecified atom stereocenters. The molecule has 8 heteroatoms. The molecule has 26 heavy (non-hydrogen) atoms. The summed E-state index contributed by atoms with van der Waals surface area (Å²) in [5.74, 6) is -2.31. The van der Waals surface area contributed by atoms with Crippen molar-refractivity contribution in [2.45, 2.75) is 44.1 Å². The molecular weight excluding hydrogens is 342 g/mol. The quantitative estimate of drug-likeness (QED) is 0.311. The summed E-state index contributed by atoms with van der Waals surface area (Å²) < 4.78 is 10.8. The van der Waals surface area contributed by atoms with Crippen LogP contribution >= 0.6 is 0 Å². The average Bonchev–Trinajstić information content (AvgIpc) is 3.16. The number of carbonyl (C=O) groups excluding carboxylic acids is 2. The molecule has 0 aromatic heterocycles. The van der Waals surface area contributed by atoms with Gasteiger partial charge in [-0.2, -0.15) is 0 Å². The predicted molar refractivity (Wildman–Crippen MR) is 89.9 cm³/mol. The maximum absolute atomic E-state index is 12.5. The molecule has 3 N–H and O–H groups in total. The van der Waals surface area contributed by atoms with Gasteiger partial charge >= 0.3 is 11.9 Å². The number of allylic oxidation sites excluding steroid dienone is 1. The van der Waals surface area contributed by atoms with Gasteiger partial charge in [-0.3, -0.25) is 4.90 Å². The van der Waals surface area contributed by atoms with E-state index in [9.17, 15) is 24.9 Å². The largest absolute Gasteiger partial charge is 0.459 e. The molecule has 2 saturated heterocycles. The summed E-state index contributed by atoms with van der Waals surface area (Å²) in [4.78, 5) is 26.9. The summed E-state index contributed by atoms with van der Waals surface area (Å²) in [7, 11) is 0. The van der Waals surface area contributed by atoms with Crippen LogP contribution < -0.4 is 0 Å².